The fraction of sp³-hybridized carbons (Fsp3) is 0.500. The van der Waals surface area contributed by atoms with Crippen LogP contribution in [0.3, 0.4) is 0 Å². The van der Waals surface area contributed by atoms with Crippen molar-refractivity contribution in [2.24, 2.45) is 5.92 Å². The van der Waals surface area contributed by atoms with E-state index >= 15 is 0 Å². The summed E-state index contributed by atoms with van der Waals surface area (Å²) in [7, 11) is 1.75. The van der Waals surface area contributed by atoms with Gasteiger partial charge in [-0.2, -0.15) is 0 Å². The fourth-order valence-corrected chi connectivity index (χ4v) is 3.47. The number of rotatable bonds is 6. The van der Waals surface area contributed by atoms with Gasteiger partial charge in [-0.05, 0) is 23.6 Å². The van der Waals surface area contributed by atoms with Gasteiger partial charge >= 0.3 is 0 Å². The Hall–Kier alpha value is -2.63. The molecule has 1 unspecified atom stereocenters. The number of carbonyl (C=O) groups excluding carboxylic acids is 2. The molecule has 1 saturated heterocycles. The molecule has 6 heteroatoms. The molecule has 6 nitrogen and oxygen atoms in total. The summed E-state index contributed by atoms with van der Waals surface area (Å²) in [6.45, 7) is 9.14. The van der Waals surface area contributed by atoms with Gasteiger partial charge in [-0.1, -0.05) is 45.0 Å². The number of benzene rings is 1. The molecule has 0 aliphatic carbocycles. The molecule has 3 rings (SSSR count). The molecule has 2 aromatic rings. The average Bonchev–Trinajstić information content (AvgIpc) is 3.28. The summed E-state index contributed by atoms with van der Waals surface area (Å²) < 4.78 is 5.30. The summed E-state index contributed by atoms with van der Waals surface area (Å²) in [5.41, 5.74) is 2.81. The van der Waals surface area contributed by atoms with Crippen molar-refractivity contribution in [1.82, 2.24) is 10.1 Å². The lowest BCUT2D eigenvalue weighted by molar-refractivity contribution is -0.135. The van der Waals surface area contributed by atoms with Crippen molar-refractivity contribution in [1.29, 1.82) is 0 Å². The second-order valence-corrected chi connectivity index (χ2v) is 8.22. The number of amides is 2. The average molecular weight is 383 g/mol. The van der Waals surface area contributed by atoms with Crippen LogP contribution < -0.4 is 4.90 Å². The zero-order chi connectivity index (χ0) is 20.4. The topological polar surface area (TPSA) is 66.7 Å². The molecule has 1 atom stereocenters. The van der Waals surface area contributed by atoms with Gasteiger partial charge < -0.3 is 14.3 Å². The highest BCUT2D eigenvalue weighted by Crippen LogP contribution is 2.28. The van der Waals surface area contributed by atoms with E-state index < -0.39 is 0 Å². The van der Waals surface area contributed by atoms with Crippen LogP contribution in [0, 0.1) is 5.92 Å². The van der Waals surface area contributed by atoms with E-state index in [9.17, 15) is 9.59 Å². The maximum atomic E-state index is 12.8. The Morgan fingerprint density at radius 3 is 2.46 bits per heavy atom. The van der Waals surface area contributed by atoms with Gasteiger partial charge in [0.15, 0.2) is 0 Å². The highest BCUT2D eigenvalue weighted by molar-refractivity contribution is 6.00. The first-order valence-corrected chi connectivity index (χ1v) is 9.87. The fourth-order valence-electron chi connectivity index (χ4n) is 3.47. The molecule has 0 N–H and O–H groups in total. The van der Waals surface area contributed by atoms with Crippen molar-refractivity contribution in [2.45, 2.75) is 52.5 Å². The first-order chi connectivity index (χ1) is 13.3. The molecule has 0 spiro atoms. The van der Waals surface area contributed by atoms with Crippen molar-refractivity contribution in [2.75, 3.05) is 18.5 Å². The van der Waals surface area contributed by atoms with Crippen molar-refractivity contribution in [3.8, 4) is 0 Å². The molecule has 1 aromatic heterocycles. The van der Waals surface area contributed by atoms with Crippen LogP contribution in [-0.4, -0.2) is 35.5 Å². The molecule has 1 aliphatic heterocycles. The lowest BCUT2D eigenvalue weighted by atomic mass is 10.0. The molecular formula is C22H29N3O3. The minimum atomic E-state index is -0.334. The third-order valence-electron chi connectivity index (χ3n) is 5.27. The lowest BCUT2D eigenvalue weighted by Crippen LogP contribution is -2.34. The van der Waals surface area contributed by atoms with Crippen LogP contribution in [0.5, 0.6) is 0 Å². The molecule has 2 amide bonds. The number of carbonyl (C=O) groups is 2. The number of hydrogen-bond donors (Lipinski definition) is 0. The van der Waals surface area contributed by atoms with Gasteiger partial charge in [0.25, 0.3) is 0 Å². The van der Waals surface area contributed by atoms with E-state index in [1.807, 2.05) is 44.2 Å². The number of anilines is 1. The molecule has 1 aliphatic rings. The summed E-state index contributed by atoms with van der Waals surface area (Å²) in [5.74, 6) is 1.13. The SMILES string of the molecule is CC(C)c1ccc(N2CC(C(=O)N(C)Cc3cc(C(C)C)on3)CC2=O)cc1. The minimum absolute atomic E-state index is 0.00687. The molecule has 1 fully saturated rings. The van der Waals surface area contributed by atoms with Gasteiger partial charge in [0, 0.05) is 37.7 Å². The summed E-state index contributed by atoms with van der Waals surface area (Å²) in [6.07, 6.45) is 0.241. The molecule has 1 aromatic carbocycles. The van der Waals surface area contributed by atoms with Gasteiger partial charge in [-0.25, -0.2) is 0 Å². The van der Waals surface area contributed by atoms with E-state index in [2.05, 4.69) is 19.0 Å². The van der Waals surface area contributed by atoms with Crippen LogP contribution in [0.1, 0.15) is 63.0 Å². The number of nitrogens with zero attached hydrogens (tertiary/aromatic N) is 3. The summed E-state index contributed by atoms with van der Waals surface area (Å²) >= 11 is 0. The van der Waals surface area contributed by atoms with Gasteiger partial charge in [0.1, 0.15) is 11.5 Å². The highest BCUT2D eigenvalue weighted by atomic mass is 16.5. The van der Waals surface area contributed by atoms with Crippen molar-refractivity contribution in [3.05, 3.63) is 47.3 Å². The van der Waals surface area contributed by atoms with Crippen LogP contribution in [0.4, 0.5) is 5.69 Å². The van der Waals surface area contributed by atoms with Crippen molar-refractivity contribution < 1.29 is 14.1 Å². The van der Waals surface area contributed by atoms with Crippen molar-refractivity contribution >= 4 is 17.5 Å². The summed E-state index contributed by atoms with van der Waals surface area (Å²) in [6, 6.07) is 9.91. The van der Waals surface area contributed by atoms with Gasteiger partial charge in [-0.15, -0.1) is 0 Å². The Balaban J connectivity index is 1.63. The predicted octanol–water partition coefficient (Wildman–Crippen LogP) is 3.93. The first-order valence-electron chi connectivity index (χ1n) is 9.87. The highest BCUT2D eigenvalue weighted by Gasteiger charge is 2.36. The first kappa shape index (κ1) is 20.1. The van der Waals surface area contributed by atoms with Crippen LogP contribution in [0.2, 0.25) is 0 Å². The monoisotopic (exact) mass is 383 g/mol. The molecule has 0 radical (unpaired) electrons. The Morgan fingerprint density at radius 2 is 1.89 bits per heavy atom. The van der Waals surface area contributed by atoms with Crippen molar-refractivity contribution in [3.63, 3.8) is 0 Å². The smallest absolute Gasteiger partial charge is 0.228 e. The Labute approximate surface area is 166 Å². The third-order valence-corrected chi connectivity index (χ3v) is 5.27. The third kappa shape index (κ3) is 4.26. The largest absolute Gasteiger partial charge is 0.361 e. The number of hydrogen-bond acceptors (Lipinski definition) is 4. The normalized spacial score (nSPS) is 17.0. The van der Waals surface area contributed by atoms with Crippen LogP contribution >= 0.6 is 0 Å². The minimum Gasteiger partial charge on any atom is -0.361 e. The van der Waals surface area contributed by atoms with E-state index in [0.717, 1.165) is 17.1 Å². The molecular weight excluding hydrogens is 354 g/mol. The molecule has 150 valence electrons. The Morgan fingerprint density at radius 1 is 1.21 bits per heavy atom. The summed E-state index contributed by atoms with van der Waals surface area (Å²) in [4.78, 5) is 28.7. The van der Waals surface area contributed by atoms with E-state index in [1.54, 1.807) is 16.8 Å². The van der Waals surface area contributed by atoms with Gasteiger partial charge in [-0.3, -0.25) is 9.59 Å². The zero-order valence-electron chi connectivity index (χ0n) is 17.3. The van der Waals surface area contributed by atoms with E-state index in [1.165, 1.54) is 5.56 Å². The predicted molar refractivity (Wildman–Crippen MR) is 108 cm³/mol. The van der Waals surface area contributed by atoms with E-state index in [-0.39, 0.29) is 30.1 Å². The second kappa shape index (κ2) is 8.17. The lowest BCUT2D eigenvalue weighted by Gasteiger charge is -2.21. The maximum Gasteiger partial charge on any atom is 0.228 e. The molecule has 28 heavy (non-hydrogen) atoms. The van der Waals surface area contributed by atoms with Crippen LogP contribution in [0.25, 0.3) is 0 Å². The van der Waals surface area contributed by atoms with Crippen LogP contribution in [0.15, 0.2) is 34.9 Å². The molecule has 2 heterocycles. The van der Waals surface area contributed by atoms with Gasteiger partial charge in [0.2, 0.25) is 11.8 Å². The van der Waals surface area contributed by atoms with Gasteiger partial charge in [0.05, 0.1) is 12.5 Å². The maximum absolute atomic E-state index is 12.8. The second-order valence-electron chi connectivity index (χ2n) is 8.22. The quantitative estimate of drug-likeness (QED) is 0.758. The van der Waals surface area contributed by atoms with Crippen LogP contribution in [-0.2, 0) is 16.1 Å². The molecule has 0 saturated carbocycles. The van der Waals surface area contributed by atoms with E-state index in [0.29, 0.717) is 19.0 Å². The standard InChI is InChI=1S/C22H29N3O3/c1-14(2)16-6-8-19(9-7-16)25-12-17(10-21(25)26)22(27)24(5)13-18-11-20(15(3)4)28-23-18/h6-9,11,14-15,17H,10,12-13H2,1-5H3. The number of aromatic nitrogens is 1. The molecule has 0 bridgehead atoms. The Bertz CT molecular complexity index is 839. The summed E-state index contributed by atoms with van der Waals surface area (Å²) in [5, 5.41) is 4.04. The Kier molecular flexibility index (Phi) is 5.87. The zero-order valence-corrected chi connectivity index (χ0v) is 17.3. The van der Waals surface area contributed by atoms with E-state index in [4.69, 9.17) is 4.52 Å².